The molecule has 0 heterocycles. The largest absolute Gasteiger partial charge is 0.416 e. The van der Waals surface area contributed by atoms with Crippen molar-refractivity contribution in [1.29, 1.82) is 5.53 Å². The molecule has 6 heteroatoms. The quantitative estimate of drug-likeness (QED) is 0.597. The average Bonchev–Trinajstić information content (AvgIpc) is 2.20. The van der Waals surface area contributed by atoms with Gasteiger partial charge in [0.1, 0.15) is 5.82 Å². The van der Waals surface area contributed by atoms with Crippen molar-refractivity contribution in [3.05, 3.63) is 35.1 Å². The lowest BCUT2D eigenvalue weighted by atomic mass is 10.0. The van der Waals surface area contributed by atoms with Gasteiger partial charge in [-0.1, -0.05) is 13.0 Å². The highest BCUT2D eigenvalue weighted by Crippen LogP contribution is 2.32. The third-order valence-corrected chi connectivity index (χ3v) is 2.23. The molecule has 0 aliphatic rings. The van der Waals surface area contributed by atoms with E-state index in [1.807, 2.05) is 0 Å². The first-order valence-electron chi connectivity index (χ1n) is 4.63. The first-order chi connectivity index (χ1) is 7.40. The summed E-state index contributed by atoms with van der Waals surface area (Å²) in [6.07, 6.45) is -4.19. The van der Waals surface area contributed by atoms with Crippen LogP contribution < -0.4 is 0 Å². The van der Waals surface area contributed by atoms with Gasteiger partial charge in [-0.3, -0.25) is 0 Å². The van der Waals surface area contributed by atoms with Crippen LogP contribution in [0.1, 0.15) is 30.5 Å². The van der Waals surface area contributed by atoms with Crippen LogP contribution in [0.15, 0.2) is 23.3 Å². The third-order valence-electron chi connectivity index (χ3n) is 2.23. The van der Waals surface area contributed by atoms with Crippen LogP contribution in [0.5, 0.6) is 0 Å². The number of hydrogen-bond donors (Lipinski definition) is 1. The number of alkyl halides is 3. The van der Waals surface area contributed by atoms with Gasteiger partial charge < -0.3 is 0 Å². The Morgan fingerprint density at radius 1 is 1.38 bits per heavy atom. The number of halogens is 4. The summed E-state index contributed by atoms with van der Waals surface area (Å²) in [7, 11) is 0. The fraction of sp³-hybridized carbons (Fsp3) is 0.400. The molecule has 0 amide bonds. The van der Waals surface area contributed by atoms with Crippen molar-refractivity contribution in [1.82, 2.24) is 0 Å². The zero-order valence-corrected chi connectivity index (χ0v) is 8.48. The molecule has 1 rings (SSSR count). The van der Waals surface area contributed by atoms with Crippen LogP contribution in [-0.4, -0.2) is 0 Å². The highest BCUT2D eigenvalue weighted by atomic mass is 19.4. The summed E-state index contributed by atoms with van der Waals surface area (Å²) in [5.41, 5.74) is 5.79. The second-order valence-corrected chi connectivity index (χ2v) is 3.29. The Kier molecular flexibility index (Phi) is 3.62. The lowest BCUT2D eigenvalue weighted by Crippen LogP contribution is -2.07. The molecule has 0 fully saturated rings. The molecule has 0 radical (unpaired) electrons. The predicted molar refractivity (Wildman–Crippen MR) is 49.6 cm³/mol. The van der Waals surface area contributed by atoms with Crippen molar-refractivity contribution >= 4 is 0 Å². The molecular formula is C10H10F4N2. The van der Waals surface area contributed by atoms with E-state index < -0.39 is 23.6 Å². The Morgan fingerprint density at radius 3 is 2.38 bits per heavy atom. The zero-order valence-electron chi connectivity index (χ0n) is 8.48. The highest BCUT2D eigenvalue weighted by molar-refractivity contribution is 5.28. The fourth-order valence-electron chi connectivity index (χ4n) is 1.35. The number of nitrogens with one attached hydrogen (secondary N) is 1. The molecule has 0 spiro atoms. The standard InChI is InChI=1S/C10H10F4N2/c1-2-9(16-15)7-4-3-6(5-8(7)11)10(12,13)14/h3-5,9,15H,2H2,1H3. The lowest BCUT2D eigenvalue weighted by Gasteiger charge is -2.12. The van der Waals surface area contributed by atoms with Gasteiger partial charge in [-0.15, -0.1) is 0 Å². The van der Waals surface area contributed by atoms with Crippen molar-refractivity contribution in [3.8, 4) is 0 Å². The molecule has 2 nitrogen and oxygen atoms in total. The van der Waals surface area contributed by atoms with Crippen molar-refractivity contribution in [3.63, 3.8) is 0 Å². The van der Waals surface area contributed by atoms with E-state index in [0.717, 1.165) is 12.1 Å². The average molecular weight is 234 g/mol. The Labute approximate surface area is 89.8 Å². The summed E-state index contributed by atoms with van der Waals surface area (Å²) in [5, 5.41) is 3.16. The lowest BCUT2D eigenvalue weighted by molar-refractivity contribution is -0.137. The number of hydrogen-bond acceptors (Lipinski definition) is 2. The number of benzene rings is 1. The molecule has 1 aromatic rings. The molecule has 1 aromatic carbocycles. The van der Waals surface area contributed by atoms with E-state index in [9.17, 15) is 17.6 Å². The van der Waals surface area contributed by atoms with Crippen molar-refractivity contribution in [2.45, 2.75) is 25.6 Å². The minimum atomic E-state index is -4.56. The zero-order chi connectivity index (χ0) is 12.3. The maximum absolute atomic E-state index is 13.4. The SMILES string of the molecule is CCC(N=N)c1ccc(C(F)(F)F)cc1F. The summed E-state index contributed by atoms with van der Waals surface area (Å²) in [4.78, 5) is 0. The molecule has 16 heavy (non-hydrogen) atoms. The Hall–Kier alpha value is -1.46. The Morgan fingerprint density at radius 2 is 2.00 bits per heavy atom. The molecule has 0 bridgehead atoms. The van der Waals surface area contributed by atoms with Crippen molar-refractivity contribution in [2.75, 3.05) is 0 Å². The van der Waals surface area contributed by atoms with Gasteiger partial charge in [0.15, 0.2) is 0 Å². The summed E-state index contributed by atoms with van der Waals surface area (Å²) in [6.45, 7) is 1.68. The summed E-state index contributed by atoms with van der Waals surface area (Å²) < 4.78 is 50.1. The number of rotatable bonds is 3. The Balaban J connectivity index is 3.14. The smallest absolute Gasteiger partial charge is 0.209 e. The maximum atomic E-state index is 13.4. The molecular weight excluding hydrogens is 224 g/mol. The molecule has 0 saturated heterocycles. The van der Waals surface area contributed by atoms with Gasteiger partial charge >= 0.3 is 6.18 Å². The van der Waals surface area contributed by atoms with Crippen LogP contribution in [0.3, 0.4) is 0 Å². The van der Waals surface area contributed by atoms with E-state index in [1.165, 1.54) is 0 Å². The predicted octanol–water partition coefficient (Wildman–Crippen LogP) is 4.33. The molecule has 0 aromatic heterocycles. The van der Waals surface area contributed by atoms with Crippen LogP contribution in [0.2, 0.25) is 0 Å². The number of nitrogens with zero attached hydrogens (tertiary/aromatic N) is 1. The molecule has 0 aliphatic heterocycles. The van der Waals surface area contributed by atoms with E-state index in [2.05, 4.69) is 5.11 Å². The van der Waals surface area contributed by atoms with Gasteiger partial charge in [0.2, 0.25) is 0 Å². The van der Waals surface area contributed by atoms with E-state index in [0.29, 0.717) is 12.5 Å². The van der Waals surface area contributed by atoms with Gasteiger partial charge in [-0.05, 0) is 18.6 Å². The van der Waals surface area contributed by atoms with Crippen LogP contribution in [0.4, 0.5) is 17.6 Å². The van der Waals surface area contributed by atoms with E-state index >= 15 is 0 Å². The topological polar surface area (TPSA) is 36.2 Å². The van der Waals surface area contributed by atoms with E-state index in [1.54, 1.807) is 6.92 Å². The van der Waals surface area contributed by atoms with Gasteiger partial charge in [-0.25, -0.2) is 9.92 Å². The van der Waals surface area contributed by atoms with Crippen LogP contribution in [0, 0.1) is 11.3 Å². The molecule has 1 atom stereocenters. The van der Waals surface area contributed by atoms with E-state index in [-0.39, 0.29) is 5.56 Å². The van der Waals surface area contributed by atoms with Crippen molar-refractivity contribution in [2.24, 2.45) is 5.11 Å². The first-order valence-corrected chi connectivity index (χ1v) is 4.63. The maximum Gasteiger partial charge on any atom is 0.416 e. The Bertz CT molecular complexity index is 387. The fourth-order valence-corrected chi connectivity index (χ4v) is 1.35. The summed E-state index contributed by atoms with van der Waals surface area (Å²) >= 11 is 0. The van der Waals surface area contributed by atoms with Gasteiger partial charge in [0.25, 0.3) is 0 Å². The minimum Gasteiger partial charge on any atom is -0.209 e. The summed E-state index contributed by atoms with van der Waals surface area (Å²) in [6, 6.07) is 1.54. The van der Waals surface area contributed by atoms with Crippen LogP contribution in [-0.2, 0) is 6.18 Å². The second kappa shape index (κ2) is 4.59. The highest BCUT2D eigenvalue weighted by Gasteiger charge is 2.31. The molecule has 88 valence electrons. The molecule has 0 aliphatic carbocycles. The second-order valence-electron chi connectivity index (χ2n) is 3.29. The third kappa shape index (κ3) is 2.56. The minimum absolute atomic E-state index is 0.0190. The van der Waals surface area contributed by atoms with Gasteiger partial charge in [0, 0.05) is 5.56 Å². The van der Waals surface area contributed by atoms with Crippen molar-refractivity contribution < 1.29 is 17.6 Å². The first kappa shape index (κ1) is 12.6. The normalized spacial score (nSPS) is 13.6. The van der Waals surface area contributed by atoms with Gasteiger partial charge in [0.05, 0.1) is 11.6 Å². The van der Waals surface area contributed by atoms with Gasteiger partial charge in [-0.2, -0.15) is 18.3 Å². The van der Waals surface area contributed by atoms with Crippen LogP contribution >= 0.6 is 0 Å². The van der Waals surface area contributed by atoms with E-state index in [4.69, 9.17) is 5.53 Å². The monoisotopic (exact) mass is 234 g/mol. The van der Waals surface area contributed by atoms with Crippen LogP contribution in [0.25, 0.3) is 0 Å². The molecule has 1 N–H and O–H groups in total. The molecule has 1 unspecified atom stereocenters. The summed E-state index contributed by atoms with van der Waals surface area (Å²) in [5.74, 6) is -0.974. The molecule has 0 saturated carbocycles.